The van der Waals surface area contributed by atoms with E-state index in [2.05, 4.69) is 5.32 Å². The fourth-order valence-electron chi connectivity index (χ4n) is 2.33. The van der Waals surface area contributed by atoms with Gasteiger partial charge in [-0.25, -0.2) is 4.79 Å². The fraction of sp³-hybridized carbons (Fsp3) is 0.467. The summed E-state index contributed by atoms with van der Waals surface area (Å²) in [5, 5.41) is 12.4. The second-order valence-corrected chi connectivity index (χ2v) is 5.67. The van der Waals surface area contributed by atoms with Crippen LogP contribution in [0.2, 0.25) is 5.02 Å². The third-order valence-electron chi connectivity index (χ3n) is 3.80. The molecule has 1 unspecified atom stereocenters. The first kappa shape index (κ1) is 15.8. The minimum atomic E-state index is -1.05. The Balaban J connectivity index is 2.08. The number of rotatable bonds is 7. The van der Waals surface area contributed by atoms with E-state index in [9.17, 15) is 9.59 Å². The van der Waals surface area contributed by atoms with Gasteiger partial charge >= 0.3 is 5.97 Å². The van der Waals surface area contributed by atoms with Crippen LogP contribution in [-0.4, -0.2) is 36.7 Å². The van der Waals surface area contributed by atoms with E-state index < -0.39 is 17.4 Å². The van der Waals surface area contributed by atoms with Crippen molar-refractivity contribution in [3.05, 3.63) is 34.9 Å². The van der Waals surface area contributed by atoms with E-state index in [0.29, 0.717) is 5.02 Å². The van der Waals surface area contributed by atoms with Gasteiger partial charge < -0.3 is 15.2 Å². The van der Waals surface area contributed by atoms with Gasteiger partial charge in [-0.05, 0) is 30.5 Å². The summed E-state index contributed by atoms with van der Waals surface area (Å²) in [4.78, 5) is 23.6. The molecular formula is C15H18ClNO4. The highest BCUT2D eigenvalue weighted by molar-refractivity contribution is 6.30. The second-order valence-electron chi connectivity index (χ2n) is 5.23. The normalized spacial score (nSPS) is 17.0. The lowest BCUT2D eigenvalue weighted by atomic mass is 9.94. The molecule has 0 aromatic heterocycles. The molecule has 5 nitrogen and oxygen atoms in total. The number of carbonyl (C=O) groups is 2. The molecule has 0 aliphatic heterocycles. The second kappa shape index (κ2) is 6.45. The van der Waals surface area contributed by atoms with Crippen molar-refractivity contribution < 1.29 is 19.4 Å². The van der Waals surface area contributed by atoms with E-state index in [1.54, 1.807) is 12.1 Å². The monoisotopic (exact) mass is 311 g/mol. The molecule has 2 N–H and O–H groups in total. The standard InChI is InChI=1S/C15H18ClNO4/c1-21-9-6-12(13(18)19)17-14(20)15(7-8-15)10-2-4-11(16)5-3-10/h2-5,12H,6-9H2,1H3,(H,17,20)(H,18,19). The summed E-state index contributed by atoms with van der Waals surface area (Å²) in [6.07, 6.45) is 1.68. The third kappa shape index (κ3) is 3.54. The van der Waals surface area contributed by atoms with Crippen LogP contribution in [0.5, 0.6) is 0 Å². The summed E-state index contributed by atoms with van der Waals surface area (Å²) in [7, 11) is 1.50. The Bertz CT molecular complexity index is 525. The maximum absolute atomic E-state index is 12.4. The predicted molar refractivity (Wildman–Crippen MR) is 78.4 cm³/mol. The Kier molecular flexibility index (Phi) is 4.85. The Morgan fingerprint density at radius 2 is 2.00 bits per heavy atom. The Hall–Kier alpha value is -1.59. The van der Waals surface area contributed by atoms with E-state index in [1.165, 1.54) is 7.11 Å². The lowest BCUT2D eigenvalue weighted by Gasteiger charge is -2.20. The van der Waals surface area contributed by atoms with Gasteiger partial charge in [-0.1, -0.05) is 23.7 Å². The quantitative estimate of drug-likeness (QED) is 0.807. The van der Waals surface area contributed by atoms with Crippen LogP contribution < -0.4 is 5.32 Å². The number of methoxy groups -OCH3 is 1. The average Bonchev–Trinajstić information content (AvgIpc) is 3.25. The van der Waals surface area contributed by atoms with Crippen molar-refractivity contribution in [1.29, 1.82) is 0 Å². The van der Waals surface area contributed by atoms with Crippen LogP contribution in [-0.2, 0) is 19.7 Å². The van der Waals surface area contributed by atoms with Crippen molar-refractivity contribution in [3.8, 4) is 0 Å². The maximum Gasteiger partial charge on any atom is 0.326 e. The number of ether oxygens (including phenoxy) is 1. The molecule has 0 bridgehead atoms. The smallest absolute Gasteiger partial charge is 0.326 e. The van der Waals surface area contributed by atoms with Crippen molar-refractivity contribution >= 4 is 23.5 Å². The molecule has 1 fully saturated rings. The highest BCUT2D eigenvalue weighted by Crippen LogP contribution is 2.48. The minimum Gasteiger partial charge on any atom is -0.480 e. The summed E-state index contributed by atoms with van der Waals surface area (Å²) in [6, 6.07) is 6.19. The minimum absolute atomic E-state index is 0.242. The summed E-state index contributed by atoms with van der Waals surface area (Å²) >= 11 is 5.85. The number of hydrogen-bond acceptors (Lipinski definition) is 3. The van der Waals surface area contributed by atoms with Crippen LogP contribution in [0.25, 0.3) is 0 Å². The molecule has 114 valence electrons. The van der Waals surface area contributed by atoms with Crippen molar-refractivity contribution in [2.24, 2.45) is 0 Å². The van der Waals surface area contributed by atoms with Gasteiger partial charge in [-0.2, -0.15) is 0 Å². The van der Waals surface area contributed by atoms with E-state index in [-0.39, 0.29) is 18.9 Å². The van der Waals surface area contributed by atoms with Gasteiger partial charge in [0.05, 0.1) is 5.41 Å². The molecular weight excluding hydrogens is 294 g/mol. The van der Waals surface area contributed by atoms with Gasteiger partial charge in [0.1, 0.15) is 6.04 Å². The Labute approximate surface area is 128 Å². The van der Waals surface area contributed by atoms with Crippen LogP contribution >= 0.6 is 11.6 Å². The number of nitrogens with one attached hydrogen (secondary N) is 1. The molecule has 0 spiro atoms. The first-order chi connectivity index (χ1) is 9.99. The number of carboxylic acids is 1. The summed E-state index contributed by atoms with van der Waals surface area (Å²) in [5.41, 5.74) is 0.269. The van der Waals surface area contributed by atoms with Crippen LogP contribution in [0.15, 0.2) is 24.3 Å². The van der Waals surface area contributed by atoms with E-state index >= 15 is 0 Å². The Morgan fingerprint density at radius 1 is 1.38 bits per heavy atom. The third-order valence-corrected chi connectivity index (χ3v) is 4.05. The van der Waals surface area contributed by atoms with Crippen molar-refractivity contribution in [3.63, 3.8) is 0 Å². The first-order valence-electron chi connectivity index (χ1n) is 6.78. The molecule has 1 amide bonds. The van der Waals surface area contributed by atoms with Gasteiger partial charge in [-0.3, -0.25) is 4.79 Å². The van der Waals surface area contributed by atoms with E-state index in [4.69, 9.17) is 21.4 Å². The average molecular weight is 312 g/mol. The van der Waals surface area contributed by atoms with Gasteiger partial charge in [-0.15, -0.1) is 0 Å². The van der Waals surface area contributed by atoms with Gasteiger partial charge in [0.15, 0.2) is 0 Å². The van der Waals surface area contributed by atoms with Crippen molar-refractivity contribution in [2.45, 2.75) is 30.7 Å². The number of benzene rings is 1. The van der Waals surface area contributed by atoms with Crippen LogP contribution in [0.1, 0.15) is 24.8 Å². The molecule has 0 heterocycles. The largest absolute Gasteiger partial charge is 0.480 e. The van der Waals surface area contributed by atoms with Gasteiger partial charge in [0.25, 0.3) is 0 Å². The Morgan fingerprint density at radius 3 is 2.48 bits per heavy atom. The zero-order chi connectivity index (χ0) is 15.5. The zero-order valence-electron chi connectivity index (χ0n) is 11.8. The summed E-state index contributed by atoms with van der Waals surface area (Å²) in [5.74, 6) is -1.29. The number of amides is 1. The number of halogens is 1. The summed E-state index contributed by atoms with van der Waals surface area (Å²) in [6.45, 7) is 0.283. The summed E-state index contributed by atoms with van der Waals surface area (Å²) < 4.78 is 4.87. The maximum atomic E-state index is 12.4. The van der Waals surface area contributed by atoms with Crippen molar-refractivity contribution in [2.75, 3.05) is 13.7 Å². The molecule has 2 rings (SSSR count). The number of carboxylic acid groups (broad SMARTS) is 1. The lowest BCUT2D eigenvalue weighted by Crippen LogP contribution is -2.46. The molecule has 1 aliphatic rings. The highest BCUT2D eigenvalue weighted by Gasteiger charge is 2.51. The van der Waals surface area contributed by atoms with E-state index in [1.807, 2.05) is 12.1 Å². The lowest BCUT2D eigenvalue weighted by molar-refractivity contribution is -0.142. The van der Waals surface area contributed by atoms with Crippen molar-refractivity contribution in [1.82, 2.24) is 5.32 Å². The van der Waals surface area contributed by atoms with Crippen LogP contribution in [0.3, 0.4) is 0 Å². The molecule has 21 heavy (non-hydrogen) atoms. The van der Waals surface area contributed by atoms with Gasteiger partial charge in [0.2, 0.25) is 5.91 Å². The van der Waals surface area contributed by atoms with Crippen LogP contribution in [0.4, 0.5) is 0 Å². The zero-order valence-corrected chi connectivity index (χ0v) is 12.5. The molecule has 0 radical (unpaired) electrons. The van der Waals surface area contributed by atoms with E-state index in [0.717, 1.165) is 18.4 Å². The van der Waals surface area contributed by atoms with Crippen LogP contribution in [0, 0.1) is 0 Å². The molecule has 1 aliphatic carbocycles. The molecule has 1 saturated carbocycles. The van der Waals surface area contributed by atoms with Gasteiger partial charge in [0, 0.05) is 25.2 Å². The number of carbonyl (C=O) groups excluding carboxylic acids is 1. The first-order valence-corrected chi connectivity index (χ1v) is 7.16. The number of aliphatic carboxylic acids is 1. The molecule has 0 saturated heterocycles. The number of hydrogen-bond donors (Lipinski definition) is 2. The molecule has 1 aromatic carbocycles. The topological polar surface area (TPSA) is 75.6 Å². The molecule has 1 atom stereocenters. The SMILES string of the molecule is COCCC(NC(=O)C1(c2ccc(Cl)cc2)CC1)C(=O)O. The highest BCUT2D eigenvalue weighted by atomic mass is 35.5. The predicted octanol–water partition coefficient (Wildman–Crippen LogP) is 1.98. The molecule has 1 aromatic rings. The fourth-order valence-corrected chi connectivity index (χ4v) is 2.46. The molecule has 6 heteroatoms.